The van der Waals surface area contributed by atoms with Gasteiger partial charge in [0.05, 0.1) is 25.6 Å². The first-order valence-corrected chi connectivity index (χ1v) is 10.6. The molecule has 0 unspecified atom stereocenters. The van der Waals surface area contributed by atoms with Gasteiger partial charge in [0.15, 0.2) is 11.5 Å². The van der Waals surface area contributed by atoms with E-state index in [-0.39, 0.29) is 12.9 Å². The van der Waals surface area contributed by atoms with Gasteiger partial charge in [0.25, 0.3) is 0 Å². The molecule has 3 aromatic rings. The number of hydrogen-bond donors (Lipinski definition) is 1. The number of methoxy groups -OCH3 is 2. The maximum Gasteiger partial charge on any atom is 1.00 e. The minimum atomic E-state index is -0.159. The maximum absolute atomic E-state index is 11.5. The summed E-state index contributed by atoms with van der Waals surface area (Å²) in [6, 6.07) is 17.2. The fraction of sp³-hybridized carbons (Fsp3) is 0.231. The summed E-state index contributed by atoms with van der Waals surface area (Å²) in [4.78, 5) is 8.80. The summed E-state index contributed by atoms with van der Waals surface area (Å²) in [6.45, 7) is 2.00. The highest BCUT2D eigenvalue weighted by molar-refractivity contribution is 5.84. The summed E-state index contributed by atoms with van der Waals surface area (Å²) >= 11 is 0. The van der Waals surface area contributed by atoms with Gasteiger partial charge in [-0.1, -0.05) is 17.9 Å². The van der Waals surface area contributed by atoms with Crippen LogP contribution in [-0.4, -0.2) is 45.0 Å². The van der Waals surface area contributed by atoms with Crippen LogP contribution in [0.25, 0.3) is 0 Å². The molecule has 1 N–H and O–H groups in total. The average molecular weight is 449 g/mol. The van der Waals surface area contributed by atoms with E-state index in [4.69, 9.17) is 14.2 Å². The zero-order valence-electron chi connectivity index (χ0n) is 19.7. The number of ether oxygens (including phenoxy) is 3. The Labute approximate surface area is 195 Å². The highest BCUT2D eigenvalue weighted by Gasteiger charge is 2.01. The highest BCUT2D eigenvalue weighted by Crippen LogP contribution is 2.26. The predicted octanol–water partition coefficient (Wildman–Crippen LogP) is 4.89. The van der Waals surface area contributed by atoms with Crippen LogP contribution < -0.4 is 14.6 Å². The molecule has 0 aromatic heterocycles. The van der Waals surface area contributed by atoms with Crippen molar-refractivity contribution < 1.29 is 25.9 Å². The van der Waals surface area contributed by atoms with Crippen LogP contribution >= 0.6 is 0 Å². The van der Waals surface area contributed by atoms with E-state index in [1.54, 1.807) is 42.8 Å². The first-order valence-electron chi connectivity index (χ1n) is 10.6. The zero-order chi connectivity index (χ0) is 23.5. The Bertz CT molecular complexity index is 1010. The van der Waals surface area contributed by atoms with E-state index in [2.05, 4.69) is 9.98 Å². The van der Waals surface area contributed by atoms with Crippen LogP contribution in [0.2, 0.25) is 0 Å². The zero-order valence-corrected chi connectivity index (χ0v) is 18.7. The van der Waals surface area contributed by atoms with E-state index in [9.17, 15) is 10.2 Å². The molecule has 0 saturated carbocycles. The number of phenolic OH excluding ortho intramolecular Hbond substituents is 1. The number of nitrogens with zero attached hydrogens (tertiary/aromatic N) is 2. The van der Waals surface area contributed by atoms with Gasteiger partial charge in [-0.3, -0.25) is 9.98 Å². The Morgan fingerprint density at radius 1 is 0.818 bits per heavy atom. The third kappa shape index (κ3) is 7.36. The second kappa shape index (κ2) is 12.3. The molecule has 7 heteroatoms. The molecule has 0 radical (unpaired) electrons. The van der Waals surface area contributed by atoms with Crippen molar-refractivity contribution in [1.82, 2.24) is 0 Å². The Morgan fingerprint density at radius 3 is 1.82 bits per heavy atom. The molecule has 33 heavy (non-hydrogen) atoms. The second-order valence-electron chi connectivity index (χ2n) is 7.19. The standard InChI is InChI=1S/C22H20N2O4.C4H8O/c1-27-21-11-15(3-9-19(21)25)13-23-17-5-7-18(8-6-17)24-14-16-4-10-20(26)22(12-16)28-2;1-2-4-5-3-1/h3-14,25-26H,1-2H3;1-4H2. The Hall–Kier alpha value is -3.84. The molecule has 1 saturated heterocycles. The van der Waals surface area contributed by atoms with Crippen molar-refractivity contribution in [3.8, 4) is 23.0 Å². The third-order valence-corrected chi connectivity index (χ3v) is 4.79. The van der Waals surface area contributed by atoms with E-state index in [0.717, 1.165) is 35.7 Å². The molecule has 0 atom stereocenters. The highest BCUT2D eigenvalue weighted by atomic mass is 16.5. The van der Waals surface area contributed by atoms with Crippen molar-refractivity contribution in [1.29, 1.82) is 0 Å². The number of aromatic hydroxyl groups is 1. The molecule has 0 bridgehead atoms. The molecule has 1 aliphatic rings. The van der Waals surface area contributed by atoms with Gasteiger partial charge in [-0.25, -0.2) is 0 Å². The van der Waals surface area contributed by atoms with Gasteiger partial charge >= 0.3 is 1.43 Å². The smallest absolute Gasteiger partial charge is 0.870 e. The lowest BCUT2D eigenvalue weighted by Gasteiger charge is -2.11. The van der Waals surface area contributed by atoms with Gasteiger partial charge in [-0.2, -0.15) is 0 Å². The quantitative estimate of drug-likeness (QED) is 0.542. The second-order valence-corrected chi connectivity index (χ2v) is 7.19. The van der Waals surface area contributed by atoms with Crippen molar-refractivity contribution in [3.05, 3.63) is 71.8 Å². The topological polar surface area (TPSA) is 95.7 Å². The molecule has 1 aliphatic heterocycles. The Morgan fingerprint density at radius 2 is 1.33 bits per heavy atom. The summed E-state index contributed by atoms with van der Waals surface area (Å²) in [5.41, 5.74) is 3.12. The van der Waals surface area contributed by atoms with Gasteiger partial charge in [-0.15, -0.1) is 0 Å². The van der Waals surface area contributed by atoms with Crippen LogP contribution in [0.3, 0.4) is 0 Å². The predicted molar refractivity (Wildman–Crippen MR) is 129 cm³/mol. The minimum Gasteiger partial charge on any atom is -0.870 e. The molecular weight excluding hydrogens is 420 g/mol. The van der Waals surface area contributed by atoms with Gasteiger partial charge in [0.2, 0.25) is 0 Å². The van der Waals surface area contributed by atoms with Crippen molar-refractivity contribution >= 4 is 23.8 Å². The van der Waals surface area contributed by atoms with Crippen molar-refractivity contribution in [2.45, 2.75) is 12.8 Å². The van der Waals surface area contributed by atoms with E-state index >= 15 is 0 Å². The monoisotopic (exact) mass is 448 g/mol. The van der Waals surface area contributed by atoms with Gasteiger partial charge < -0.3 is 24.4 Å². The summed E-state index contributed by atoms with van der Waals surface area (Å²) in [6.07, 6.45) is 5.92. The van der Waals surface area contributed by atoms with Crippen LogP contribution in [0.1, 0.15) is 25.4 Å². The number of phenols is 1. The van der Waals surface area contributed by atoms with Gasteiger partial charge in [0.1, 0.15) is 5.75 Å². The van der Waals surface area contributed by atoms with Crippen molar-refractivity contribution in [3.63, 3.8) is 0 Å². The van der Waals surface area contributed by atoms with Crippen LogP contribution in [0, 0.1) is 0 Å². The maximum atomic E-state index is 11.5. The minimum absolute atomic E-state index is 0. The molecule has 3 aromatic carbocycles. The van der Waals surface area contributed by atoms with E-state index in [1.807, 2.05) is 24.3 Å². The molecule has 1 heterocycles. The molecule has 7 nitrogen and oxygen atoms in total. The molecule has 1 fully saturated rings. The van der Waals surface area contributed by atoms with E-state index in [1.165, 1.54) is 33.1 Å². The molecule has 0 amide bonds. The lowest BCUT2D eigenvalue weighted by Crippen LogP contribution is -1.95. The molecular formula is C26H28N2O5. The summed E-state index contributed by atoms with van der Waals surface area (Å²) < 4.78 is 15.1. The van der Waals surface area contributed by atoms with Crippen molar-refractivity contribution in [2.75, 3.05) is 27.4 Å². The number of benzene rings is 3. The third-order valence-electron chi connectivity index (χ3n) is 4.79. The van der Waals surface area contributed by atoms with Crippen LogP contribution in [0.15, 0.2) is 70.6 Å². The largest absolute Gasteiger partial charge is 1.00 e. The van der Waals surface area contributed by atoms with Crippen LogP contribution in [0.4, 0.5) is 11.4 Å². The molecule has 172 valence electrons. The fourth-order valence-corrected chi connectivity index (χ4v) is 2.97. The fourth-order valence-electron chi connectivity index (χ4n) is 2.97. The van der Waals surface area contributed by atoms with Crippen LogP contribution in [-0.2, 0) is 4.74 Å². The van der Waals surface area contributed by atoms with Crippen LogP contribution in [0.5, 0.6) is 23.0 Å². The Kier molecular flexibility index (Phi) is 8.85. The summed E-state index contributed by atoms with van der Waals surface area (Å²) in [5.74, 6) is 0.618. The van der Waals surface area contributed by atoms with Gasteiger partial charge in [-0.05, 0) is 72.5 Å². The lowest BCUT2D eigenvalue weighted by molar-refractivity contribution is -0.270. The molecule has 4 rings (SSSR count). The summed E-state index contributed by atoms with van der Waals surface area (Å²) in [5, 5.41) is 21.1. The number of aliphatic imine (C=N–C) groups is 2. The lowest BCUT2D eigenvalue weighted by atomic mass is 10.2. The summed E-state index contributed by atoms with van der Waals surface area (Å²) in [7, 11) is 2.96. The first-order chi connectivity index (χ1) is 16.1. The van der Waals surface area contributed by atoms with E-state index in [0.29, 0.717) is 11.5 Å². The number of rotatable bonds is 6. The SMILES string of the molecule is C1CCOC1.COc1cc(C=Nc2ccc(N=Cc3ccc(O)c(OC)c3)cc2)ccc1[O-].[H+]. The number of hydrogen-bond acceptors (Lipinski definition) is 7. The first kappa shape index (κ1) is 23.8. The van der Waals surface area contributed by atoms with Crippen molar-refractivity contribution in [2.24, 2.45) is 9.98 Å². The van der Waals surface area contributed by atoms with E-state index < -0.39 is 0 Å². The Balaban J connectivity index is 0.000000603. The average Bonchev–Trinajstić information content (AvgIpc) is 3.44. The molecule has 0 aliphatic carbocycles. The normalized spacial score (nSPS) is 13.2. The molecule has 0 spiro atoms. The van der Waals surface area contributed by atoms with Gasteiger partial charge in [0, 0.05) is 25.6 Å².